The lowest BCUT2D eigenvalue weighted by atomic mass is 10.1. The summed E-state index contributed by atoms with van der Waals surface area (Å²) in [4.78, 5) is 24.5. The average Bonchev–Trinajstić information content (AvgIpc) is 3.19. The van der Waals surface area contributed by atoms with Crippen LogP contribution in [0.5, 0.6) is 0 Å². The zero-order chi connectivity index (χ0) is 20.6. The third-order valence-electron chi connectivity index (χ3n) is 4.19. The monoisotopic (exact) mass is 426 g/mol. The highest BCUT2D eigenvalue weighted by molar-refractivity contribution is 7.99. The first kappa shape index (κ1) is 21.0. The fraction of sp³-hybridized carbons (Fsp3) is 0.238. The van der Waals surface area contributed by atoms with Gasteiger partial charge in [0.15, 0.2) is 0 Å². The van der Waals surface area contributed by atoms with Crippen LogP contribution in [0.15, 0.2) is 54.6 Å². The first-order valence-electron chi connectivity index (χ1n) is 9.14. The van der Waals surface area contributed by atoms with E-state index in [2.05, 4.69) is 20.8 Å². The van der Waals surface area contributed by atoms with Crippen molar-refractivity contribution in [1.29, 1.82) is 0 Å². The molecule has 29 heavy (non-hydrogen) atoms. The lowest BCUT2D eigenvalue weighted by Gasteiger charge is -2.13. The van der Waals surface area contributed by atoms with Gasteiger partial charge >= 0.3 is 0 Å². The van der Waals surface area contributed by atoms with Crippen molar-refractivity contribution in [3.8, 4) is 0 Å². The molecule has 0 fully saturated rings. The van der Waals surface area contributed by atoms with Crippen LogP contribution in [0.1, 0.15) is 38.9 Å². The van der Waals surface area contributed by atoms with Crippen LogP contribution < -0.4 is 10.6 Å². The summed E-state index contributed by atoms with van der Waals surface area (Å²) >= 11 is 2.69. The number of nitrogens with zero attached hydrogens (tertiary/aromatic N) is 2. The number of thioether (sulfide) groups is 1. The van der Waals surface area contributed by atoms with E-state index < -0.39 is 0 Å². The summed E-state index contributed by atoms with van der Waals surface area (Å²) in [6.45, 7) is 3.89. The number of hydrogen-bond donors (Lipinski definition) is 2. The Hall–Kier alpha value is -2.71. The highest BCUT2D eigenvalue weighted by atomic mass is 32.2. The largest absolute Gasteiger partial charge is 0.349 e. The number of anilines is 1. The zero-order valence-electron chi connectivity index (χ0n) is 16.2. The maximum absolute atomic E-state index is 12.3. The van der Waals surface area contributed by atoms with Gasteiger partial charge in [-0.15, -0.1) is 22.0 Å². The van der Waals surface area contributed by atoms with Crippen molar-refractivity contribution in [1.82, 2.24) is 15.5 Å². The maximum Gasteiger partial charge on any atom is 0.286 e. The molecule has 3 rings (SSSR count). The molecule has 8 heteroatoms. The molecule has 0 saturated heterocycles. The van der Waals surface area contributed by atoms with E-state index in [1.54, 1.807) is 0 Å². The lowest BCUT2D eigenvalue weighted by Crippen LogP contribution is -2.28. The van der Waals surface area contributed by atoms with Crippen LogP contribution >= 0.6 is 23.1 Å². The fourth-order valence-electron chi connectivity index (χ4n) is 2.63. The predicted octanol–water partition coefficient (Wildman–Crippen LogP) is 4.21. The molecule has 1 atom stereocenters. The molecule has 1 aromatic heterocycles. The molecule has 3 aromatic rings. The Labute approximate surface area is 178 Å². The molecule has 2 N–H and O–H groups in total. The van der Waals surface area contributed by atoms with E-state index in [0.717, 1.165) is 16.8 Å². The normalized spacial score (nSPS) is 11.7. The predicted molar refractivity (Wildman–Crippen MR) is 118 cm³/mol. The van der Waals surface area contributed by atoms with Crippen molar-refractivity contribution >= 4 is 40.6 Å². The Bertz CT molecular complexity index is 976. The van der Waals surface area contributed by atoms with E-state index in [0.29, 0.717) is 21.5 Å². The molecule has 0 aliphatic carbocycles. The van der Waals surface area contributed by atoms with Crippen LogP contribution in [0.2, 0.25) is 0 Å². The summed E-state index contributed by atoms with van der Waals surface area (Å²) in [7, 11) is 0. The highest BCUT2D eigenvalue weighted by Crippen LogP contribution is 2.20. The summed E-state index contributed by atoms with van der Waals surface area (Å²) in [6.07, 6.45) is 0. The van der Waals surface area contributed by atoms with Gasteiger partial charge in [0.25, 0.3) is 5.91 Å². The van der Waals surface area contributed by atoms with Crippen molar-refractivity contribution in [3.05, 3.63) is 75.7 Å². The highest BCUT2D eigenvalue weighted by Gasteiger charge is 2.15. The molecule has 0 aliphatic heterocycles. The van der Waals surface area contributed by atoms with Crippen LogP contribution in [0.4, 0.5) is 5.69 Å². The van der Waals surface area contributed by atoms with E-state index in [1.807, 2.05) is 68.4 Å². The Balaban J connectivity index is 1.45. The molecule has 0 bridgehead atoms. The number of benzene rings is 2. The van der Waals surface area contributed by atoms with Crippen LogP contribution in [-0.4, -0.2) is 27.8 Å². The SMILES string of the molecule is Cc1ccccc1NC(=O)c1nnc(CSCC(=O)N[C@H](C)c2ccccc2)s1. The second-order valence-corrected chi connectivity index (χ2v) is 8.51. The smallest absolute Gasteiger partial charge is 0.286 e. The molecule has 0 saturated carbocycles. The molecular weight excluding hydrogens is 404 g/mol. The molecule has 0 spiro atoms. The molecule has 0 radical (unpaired) electrons. The van der Waals surface area contributed by atoms with Crippen LogP contribution in [0.25, 0.3) is 0 Å². The molecule has 150 valence electrons. The molecule has 0 unspecified atom stereocenters. The number of aromatic nitrogens is 2. The molecule has 6 nitrogen and oxygen atoms in total. The number of aryl methyl sites for hydroxylation is 1. The number of carbonyl (C=O) groups is 2. The topological polar surface area (TPSA) is 84.0 Å². The number of para-hydroxylation sites is 1. The number of nitrogens with one attached hydrogen (secondary N) is 2. The fourth-order valence-corrected chi connectivity index (χ4v) is 4.25. The van der Waals surface area contributed by atoms with Gasteiger partial charge in [-0.3, -0.25) is 9.59 Å². The Kier molecular flexibility index (Phi) is 7.37. The minimum Gasteiger partial charge on any atom is -0.349 e. The Morgan fingerprint density at radius 3 is 2.55 bits per heavy atom. The molecule has 1 heterocycles. The summed E-state index contributed by atoms with van der Waals surface area (Å²) in [5, 5.41) is 14.9. The first-order chi connectivity index (χ1) is 14.0. The second-order valence-electron chi connectivity index (χ2n) is 6.46. The van der Waals surface area contributed by atoms with E-state index in [4.69, 9.17) is 0 Å². The van der Waals surface area contributed by atoms with Gasteiger partial charge in [-0.2, -0.15) is 0 Å². The molecule has 0 aliphatic rings. The first-order valence-corrected chi connectivity index (χ1v) is 11.1. The zero-order valence-corrected chi connectivity index (χ0v) is 17.8. The third-order valence-corrected chi connectivity index (χ3v) is 6.24. The van der Waals surface area contributed by atoms with E-state index >= 15 is 0 Å². The minimum atomic E-state index is -0.275. The van der Waals surface area contributed by atoms with Gasteiger partial charge in [0, 0.05) is 11.4 Å². The quantitative estimate of drug-likeness (QED) is 0.564. The number of hydrogen-bond acceptors (Lipinski definition) is 6. The summed E-state index contributed by atoms with van der Waals surface area (Å²) in [5.41, 5.74) is 2.81. The molecular formula is C21H22N4O2S2. The van der Waals surface area contributed by atoms with Gasteiger partial charge < -0.3 is 10.6 Å². The van der Waals surface area contributed by atoms with Gasteiger partial charge in [0.2, 0.25) is 10.9 Å². The second kappa shape index (κ2) is 10.2. The van der Waals surface area contributed by atoms with Gasteiger partial charge in [0.1, 0.15) is 5.01 Å². The standard InChI is InChI=1S/C21H22N4O2S2/c1-14-8-6-7-11-17(14)23-20(27)21-25-24-19(29-21)13-28-12-18(26)22-15(2)16-9-4-3-5-10-16/h3-11,15H,12-13H2,1-2H3,(H,22,26)(H,23,27)/t15-/m1/s1. The van der Waals surface area contributed by atoms with E-state index in [1.165, 1.54) is 23.1 Å². The molecule has 2 aromatic carbocycles. The average molecular weight is 427 g/mol. The van der Waals surface area contributed by atoms with Crippen molar-refractivity contribution < 1.29 is 9.59 Å². The summed E-state index contributed by atoms with van der Waals surface area (Å²) in [6, 6.07) is 17.4. The summed E-state index contributed by atoms with van der Waals surface area (Å²) in [5.74, 6) is 0.542. The molecule has 2 amide bonds. The minimum absolute atomic E-state index is 0.0339. The van der Waals surface area contributed by atoms with Gasteiger partial charge in [-0.25, -0.2) is 0 Å². The van der Waals surface area contributed by atoms with Crippen molar-refractivity contribution in [2.45, 2.75) is 25.6 Å². The van der Waals surface area contributed by atoms with E-state index in [9.17, 15) is 9.59 Å². The van der Waals surface area contributed by atoms with Crippen LogP contribution in [0.3, 0.4) is 0 Å². The number of rotatable bonds is 8. The van der Waals surface area contributed by atoms with Crippen molar-refractivity contribution in [2.24, 2.45) is 0 Å². The Morgan fingerprint density at radius 2 is 1.79 bits per heavy atom. The lowest BCUT2D eigenvalue weighted by molar-refractivity contribution is -0.119. The number of carbonyl (C=O) groups excluding carboxylic acids is 2. The Morgan fingerprint density at radius 1 is 1.07 bits per heavy atom. The number of amides is 2. The van der Waals surface area contributed by atoms with Gasteiger partial charge in [-0.1, -0.05) is 59.9 Å². The third kappa shape index (κ3) is 6.13. The van der Waals surface area contributed by atoms with Crippen molar-refractivity contribution in [3.63, 3.8) is 0 Å². The van der Waals surface area contributed by atoms with Gasteiger partial charge in [0.05, 0.1) is 11.8 Å². The van der Waals surface area contributed by atoms with Crippen LogP contribution in [0, 0.1) is 6.92 Å². The van der Waals surface area contributed by atoms with E-state index in [-0.39, 0.29) is 17.9 Å². The maximum atomic E-state index is 12.3. The van der Waals surface area contributed by atoms with Gasteiger partial charge in [-0.05, 0) is 31.0 Å². The summed E-state index contributed by atoms with van der Waals surface area (Å²) < 4.78 is 0. The van der Waals surface area contributed by atoms with Crippen LogP contribution in [-0.2, 0) is 10.5 Å². The van der Waals surface area contributed by atoms with Crippen molar-refractivity contribution in [2.75, 3.05) is 11.1 Å².